The van der Waals surface area contributed by atoms with Gasteiger partial charge in [-0.1, -0.05) is 24.3 Å². The van der Waals surface area contributed by atoms with E-state index in [1.165, 1.54) is 6.92 Å². The summed E-state index contributed by atoms with van der Waals surface area (Å²) in [5.74, 6) is 0.00626. The lowest BCUT2D eigenvalue weighted by Gasteiger charge is -2.20. The third-order valence-electron chi connectivity index (χ3n) is 2.30. The fraction of sp³-hybridized carbons (Fsp3) is 0.400. The summed E-state index contributed by atoms with van der Waals surface area (Å²) < 4.78 is 61.9. The Labute approximate surface area is 94.1 Å². The monoisotopic (exact) mass is 255 g/mol. The molecule has 0 amide bonds. The van der Waals surface area contributed by atoms with Gasteiger partial charge in [0.1, 0.15) is 6.10 Å². The number of hydrogen-bond donors (Lipinski definition) is 1. The highest BCUT2D eigenvalue weighted by Gasteiger charge is 2.58. The second-order valence-electron chi connectivity index (χ2n) is 3.47. The molecule has 2 N–H and O–H groups in total. The molecule has 1 atom stereocenters. The van der Waals surface area contributed by atoms with Crippen LogP contribution in [0.1, 0.15) is 24.2 Å². The summed E-state index contributed by atoms with van der Waals surface area (Å²) in [6, 6.07) is 3.65. The van der Waals surface area contributed by atoms with Gasteiger partial charge in [-0.05, 0) is 12.5 Å². The molecule has 0 saturated carbocycles. The van der Waals surface area contributed by atoms with E-state index in [-0.39, 0.29) is 0 Å². The number of rotatable bonds is 3. The molecule has 1 aromatic rings. The lowest BCUT2D eigenvalue weighted by Crippen LogP contribution is -2.33. The van der Waals surface area contributed by atoms with Crippen molar-refractivity contribution in [3.05, 3.63) is 35.4 Å². The normalized spacial score (nSPS) is 14.8. The molecule has 0 spiro atoms. The van der Waals surface area contributed by atoms with E-state index in [2.05, 4.69) is 4.84 Å². The Balaban J connectivity index is 3.03. The molecule has 0 fully saturated rings. The maximum absolute atomic E-state index is 12.9. The lowest BCUT2D eigenvalue weighted by molar-refractivity contribution is -0.289. The summed E-state index contributed by atoms with van der Waals surface area (Å²) in [5.41, 5.74) is -0.702. The first-order valence-corrected chi connectivity index (χ1v) is 4.60. The summed E-state index contributed by atoms with van der Waals surface area (Å²) in [4.78, 5) is 4.42. The van der Waals surface area contributed by atoms with Gasteiger partial charge in [-0.3, -0.25) is 4.84 Å². The molecule has 2 nitrogen and oxygen atoms in total. The van der Waals surface area contributed by atoms with Gasteiger partial charge in [-0.2, -0.15) is 22.0 Å². The molecule has 1 aromatic carbocycles. The van der Waals surface area contributed by atoms with Crippen LogP contribution in [-0.4, -0.2) is 6.18 Å². The second kappa shape index (κ2) is 4.58. The number of hydrogen-bond acceptors (Lipinski definition) is 2. The Bertz CT molecular complexity index is 373. The molecule has 0 radical (unpaired) electrons. The van der Waals surface area contributed by atoms with E-state index in [0.717, 1.165) is 12.1 Å². The van der Waals surface area contributed by atoms with E-state index in [1.807, 2.05) is 0 Å². The minimum atomic E-state index is -5.61. The van der Waals surface area contributed by atoms with Crippen molar-refractivity contribution in [2.75, 3.05) is 0 Å². The van der Waals surface area contributed by atoms with Crippen LogP contribution in [0.25, 0.3) is 0 Å². The van der Waals surface area contributed by atoms with Gasteiger partial charge in [0.25, 0.3) is 0 Å². The molecule has 0 aliphatic carbocycles. The summed E-state index contributed by atoms with van der Waals surface area (Å²) in [6.07, 6.45) is -6.19. The zero-order chi connectivity index (χ0) is 13.3. The van der Waals surface area contributed by atoms with Gasteiger partial charge < -0.3 is 0 Å². The SMILES string of the molecule is CC(ON)c1ccc(C(F)(F)C(F)(F)F)cc1. The van der Waals surface area contributed by atoms with Crippen LogP contribution >= 0.6 is 0 Å². The third-order valence-corrected chi connectivity index (χ3v) is 2.30. The molecule has 96 valence electrons. The van der Waals surface area contributed by atoms with Gasteiger partial charge in [0.2, 0.25) is 0 Å². The van der Waals surface area contributed by atoms with Gasteiger partial charge in [0, 0.05) is 5.56 Å². The number of alkyl halides is 5. The molecule has 1 unspecified atom stereocenters. The molecular weight excluding hydrogens is 245 g/mol. The summed E-state index contributed by atoms with van der Waals surface area (Å²) in [5, 5.41) is 0. The minimum absolute atomic E-state index is 0.411. The molecular formula is C10H10F5NO. The van der Waals surface area contributed by atoms with Crippen molar-refractivity contribution in [2.24, 2.45) is 5.90 Å². The Hall–Kier alpha value is -1.21. The van der Waals surface area contributed by atoms with Crippen LogP contribution in [0, 0.1) is 0 Å². The Morgan fingerprint density at radius 1 is 1.06 bits per heavy atom. The van der Waals surface area contributed by atoms with Crippen LogP contribution in [0.5, 0.6) is 0 Å². The Morgan fingerprint density at radius 3 is 1.88 bits per heavy atom. The van der Waals surface area contributed by atoms with Crippen LogP contribution in [-0.2, 0) is 10.8 Å². The topological polar surface area (TPSA) is 35.2 Å². The largest absolute Gasteiger partial charge is 0.458 e. The lowest BCUT2D eigenvalue weighted by atomic mass is 10.0. The van der Waals surface area contributed by atoms with E-state index < -0.39 is 23.8 Å². The molecule has 0 saturated heterocycles. The Morgan fingerprint density at radius 2 is 1.53 bits per heavy atom. The van der Waals surface area contributed by atoms with Crippen molar-refractivity contribution in [3.63, 3.8) is 0 Å². The molecule has 0 aliphatic heterocycles. The van der Waals surface area contributed by atoms with E-state index in [4.69, 9.17) is 5.90 Å². The predicted octanol–water partition coefficient (Wildman–Crippen LogP) is 3.29. The van der Waals surface area contributed by atoms with Gasteiger partial charge in [0.05, 0.1) is 0 Å². The van der Waals surface area contributed by atoms with Gasteiger partial charge >= 0.3 is 12.1 Å². The van der Waals surface area contributed by atoms with Crippen LogP contribution < -0.4 is 5.90 Å². The predicted molar refractivity (Wildman–Crippen MR) is 50.1 cm³/mol. The van der Waals surface area contributed by atoms with E-state index >= 15 is 0 Å². The van der Waals surface area contributed by atoms with E-state index in [1.54, 1.807) is 0 Å². The summed E-state index contributed by atoms with van der Waals surface area (Å²) in [6.45, 7) is 1.54. The highest BCUT2D eigenvalue weighted by molar-refractivity contribution is 5.28. The fourth-order valence-corrected chi connectivity index (χ4v) is 1.21. The zero-order valence-corrected chi connectivity index (χ0v) is 8.76. The molecule has 0 heterocycles. The first-order chi connectivity index (χ1) is 7.70. The third kappa shape index (κ3) is 2.73. The average Bonchev–Trinajstić information content (AvgIpc) is 2.26. The van der Waals surface area contributed by atoms with Crippen LogP contribution in [0.15, 0.2) is 24.3 Å². The molecule has 0 aromatic heterocycles. The van der Waals surface area contributed by atoms with E-state index in [0.29, 0.717) is 17.7 Å². The quantitative estimate of drug-likeness (QED) is 0.664. The van der Waals surface area contributed by atoms with Crippen molar-refractivity contribution >= 4 is 0 Å². The van der Waals surface area contributed by atoms with Gasteiger partial charge in [0.15, 0.2) is 0 Å². The summed E-state index contributed by atoms with van der Waals surface area (Å²) in [7, 11) is 0. The fourth-order valence-electron chi connectivity index (χ4n) is 1.21. The van der Waals surface area contributed by atoms with Gasteiger partial charge in [-0.25, -0.2) is 5.90 Å². The van der Waals surface area contributed by atoms with Crippen LogP contribution in [0.3, 0.4) is 0 Å². The molecule has 7 heteroatoms. The van der Waals surface area contributed by atoms with E-state index in [9.17, 15) is 22.0 Å². The second-order valence-corrected chi connectivity index (χ2v) is 3.47. The first-order valence-electron chi connectivity index (χ1n) is 4.60. The van der Waals surface area contributed by atoms with Gasteiger partial charge in [-0.15, -0.1) is 0 Å². The van der Waals surface area contributed by atoms with Crippen LogP contribution in [0.2, 0.25) is 0 Å². The zero-order valence-electron chi connectivity index (χ0n) is 8.76. The Kier molecular flexibility index (Phi) is 3.73. The van der Waals surface area contributed by atoms with Crippen molar-refractivity contribution in [1.29, 1.82) is 0 Å². The number of benzene rings is 1. The highest BCUT2D eigenvalue weighted by atomic mass is 19.4. The molecule has 1 rings (SSSR count). The molecule has 0 bridgehead atoms. The maximum Gasteiger partial charge on any atom is 0.458 e. The standard InChI is InChI=1S/C10H10F5NO/c1-6(17-16)7-2-4-8(5-3-7)9(11,12)10(13,14)15/h2-6H,16H2,1H3. The number of halogens is 5. The first kappa shape index (κ1) is 13.9. The maximum atomic E-state index is 12.9. The van der Waals surface area contributed by atoms with Crippen molar-refractivity contribution in [2.45, 2.75) is 25.1 Å². The highest BCUT2D eigenvalue weighted by Crippen LogP contribution is 2.43. The molecule has 17 heavy (non-hydrogen) atoms. The minimum Gasteiger partial charge on any atom is -0.297 e. The smallest absolute Gasteiger partial charge is 0.297 e. The van der Waals surface area contributed by atoms with Crippen molar-refractivity contribution in [3.8, 4) is 0 Å². The average molecular weight is 255 g/mol. The van der Waals surface area contributed by atoms with Crippen LogP contribution in [0.4, 0.5) is 22.0 Å². The number of nitrogens with two attached hydrogens (primary N) is 1. The van der Waals surface area contributed by atoms with Crippen molar-refractivity contribution < 1.29 is 26.8 Å². The van der Waals surface area contributed by atoms with Crippen molar-refractivity contribution in [1.82, 2.24) is 0 Å². The summed E-state index contributed by atoms with van der Waals surface area (Å²) >= 11 is 0. The molecule has 0 aliphatic rings.